The number of nitrogens with one attached hydrogen (secondary N) is 1. The summed E-state index contributed by atoms with van der Waals surface area (Å²) in [5.41, 5.74) is 0.965. The first-order chi connectivity index (χ1) is 12.0. The number of ether oxygens (including phenoxy) is 3. The Balaban J connectivity index is 2.40. The van der Waals surface area contributed by atoms with Gasteiger partial charge < -0.3 is 19.5 Å². The Morgan fingerprint density at radius 3 is 2.60 bits per heavy atom. The van der Waals surface area contributed by atoms with Crippen molar-refractivity contribution in [3.63, 3.8) is 0 Å². The molecular weight excluding hydrogens is 322 g/mol. The molecule has 0 aliphatic heterocycles. The number of carbonyl (C=O) groups is 2. The van der Waals surface area contributed by atoms with Crippen LogP contribution < -0.4 is 14.8 Å². The van der Waals surface area contributed by atoms with Gasteiger partial charge in [-0.15, -0.1) is 0 Å². The number of benzene rings is 1. The fraction of sp³-hybridized carbons (Fsp3) is 0.474. The molecule has 0 aromatic heterocycles. The van der Waals surface area contributed by atoms with Gasteiger partial charge in [0.1, 0.15) is 0 Å². The summed E-state index contributed by atoms with van der Waals surface area (Å²) in [7, 11) is 1.53. The number of esters is 1. The molecule has 1 rings (SSSR count). The van der Waals surface area contributed by atoms with Crippen LogP contribution >= 0.6 is 0 Å². The van der Waals surface area contributed by atoms with Crippen LogP contribution in [0.15, 0.2) is 24.3 Å². The molecule has 1 aromatic carbocycles. The minimum atomic E-state index is -0.612. The zero-order valence-corrected chi connectivity index (χ0v) is 15.3. The standard InChI is InChI=1S/C19H27NO5/c1-5-6-15-7-8-16(17(11-15)23-4)24-13-19(22)25-12-18(21)20-10-9-14(2)3/h5-8,11,14H,9-10,12-13H2,1-4H3,(H,20,21)/b6-5+. The zero-order valence-electron chi connectivity index (χ0n) is 15.3. The molecule has 0 atom stereocenters. The Bertz CT molecular complexity index is 595. The maximum absolute atomic E-state index is 11.7. The van der Waals surface area contributed by atoms with E-state index in [-0.39, 0.29) is 19.1 Å². The predicted molar refractivity (Wildman–Crippen MR) is 96.6 cm³/mol. The first-order valence-electron chi connectivity index (χ1n) is 8.32. The van der Waals surface area contributed by atoms with Gasteiger partial charge >= 0.3 is 5.97 Å². The molecule has 6 nitrogen and oxygen atoms in total. The number of hydrogen-bond acceptors (Lipinski definition) is 5. The third-order valence-corrected chi connectivity index (χ3v) is 3.30. The third-order valence-electron chi connectivity index (χ3n) is 3.30. The summed E-state index contributed by atoms with van der Waals surface area (Å²) in [5, 5.41) is 2.70. The molecule has 0 saturated carbocycles. The van der Waals surface area contributed by atoms with Crippen LogP contribution in [0.1, 0.15) is 32.8 Å². The first kappa shape index (κ1) is 20.5. The van der Waals surface area contributed by atoms with E-state index in [4.69, 9.17) is 14.2 Å². The van der Waals surface area contributed by atoms with Crippen molar-refractivity contribution in [2.75, 3.05) is 26.9 Å². The Morgan fingerprint density at radius 1 is 1.20 bits per heavy atom. The molecule has 0 spiro atoms. The summed E-state index contributed by atoms with van der Waals surface area (Å²) in [6.45, 7) is 6.04. The molecule has 1 aromatic rings. The average Bonchev–Trinajstić information content (AvgIpc) is 2.58. The van der Waals surface area contributed by atoms with Gasteiger partial charge in [0.05, 0.1) is 7.11 Å². The number of carbonyl (C=O) groups excluding carboxylic acids is 2. The zero-order chi connectivity index (χ0) is 18.7. The van der Waals surface area contributed by atoms with Gasteiger partial charge in [-0.05, 0) is 37.0 Å². The summed E-state index contributed by atoms with van der Waals surface area (Å²) in [4.78, 5) is 23.2. The highest BCUT2D eigenvalue weighted by Gasteiger charge is 2.11. The lowest BCUT2D eigenvalue weighted by Crippen LogP contribution is -2.31. The Kier molecular flexibility index (Phi) is 9.14. The molecule has 25 heavy (non-hydrogen) atoms. The summed E-state index contributed by atoms with van der Waals surface area (Å²) < 4.78 is 15.6. The summed E-state index contributed by atoms with van der Waals surface area (Å²) in [6, 6.07) is 5.38. The van der Waals surface area contributed by atoms with Gasteiger partial charge in [0.15, 0.2) is 24.7 Å². The Morgan fingerprint density at radius 2 is 1.96 bits per heavy atom. The van der Waals surface area contributed by atoms with Crippen molar-refractivity contribution in [3.05, 3.63) is 29.8 Å². The fourth-order valence-corrected chi connectivity index (χ4v) is 1.98. The summed E-state index contributed by atoms with van der Waals surface area (Å²) in [6.07, 6.45) is 4.73. The molecule has 6 heteroatoms. The van der Waals surface area contributed by atoms with Crippen LogP contribution in [0.4, 0.5) is 0 Å². The number of amides is 1. The van der Waals surface area contributed by atoms with Crippen molar-refractivity contribution < 1.29 is 23.8 Å². The minimum Gasteiger partial charge on any atom is -0.493 e. The molecule has 1 N–H and O–H groups in total. The largest absolute Gasteiger partial charge is 0.493 e. The van der Waals surface area contributed by atoms with E-state index >= 15 is 0 Å². The van der Waals surface area contributed by atoms with E-state index in [1.165, 1.54) is 7.11 Å². The lowest BCUT2D eigenvalue weighted by Gasteiger charge is -2.11. The minimum absolute atomic E-state index is 0.293. The topological polar surface area (TPSA) is 73.9 Å². The number of hydrogen-bond donors (Lipinski definition) is 1. The fourth-order valence-electron chi connectivity index (χ4n) is 1.98. The van der Waals surface area contributed by atoms with Gasteiger partial charge in [-0.25, -0.2) is 4.79 Å². The quantitative estimate of drug-likeness (QED) is 0.658. The molecule has 0 radical (unpaired) electrons. The van der Waals surface area contributed by atoms with Crippen molar-refractivity contribution in [1.29, 1.82) is 0 Å². The average molecular weight is 349 g/mol. The van der Waals surface area contributed by atoms with E-state index in [1.807, 2.05) is 31.2 Å². The van der Waals surface area contributed by atoms with E-state index in [0.717, 1.165) is 12.0 Å². The van der Waals surface area contributed by atoms with Crippen LogP contribution in [0.25, 0.3) is 6.08 Å². The highest BCUT2D eigenvalue weighted by molar-refractivity contribution is 5.80. The van der Waals surface area contributed by atoms with Crippen LogP contribution in [0, 0.1) is 5.92 Å². The van der Waals surface area contributed by atoms with Gasteiger partial charge in [-0.1, -0.05) is 32.1 Å². The predicted octanol–water partition coefficient (Wildman–Crippen LogP) is 2.81. The Labute approximate surface area is 149 Å². The molecule has 1 amide bonds. The third kappa shape index (κ3) is 8.24. The van der Waals surface area contributed by atoms with Crippen molar-refractivity contribution in [1.82, 2.24) is 5.32 Å². The van der Waals surface area contributed by atoms with Gasteiger partial charge in [0.2, 0.25) is 0 Å². The maximum atomic E-state index is 11.7. The molecule has 0 fully saturated rings. The van der Waals surface area contributed by atoms with Gasteiger partial charge in [-0.3, -0.25) is 4.79 Å². The van der Waals surface area contributed by atoms with Crippen molar-refractivity contribution >= 4 is 18.0 Å². The molecule has 138 valence electrons. The molecule has 0 saturated heterocycles. The normalized spacial score (nSPS) is 10.8. The second kappa shape index (κ2) is 11.1. The van der Waals surface area contributed by atoms with Gasteiger partial charge in [0, 0.05) is 6.54 Å². The second-order valence-electron chi connectivity index (χ2n) is 5.89. The van der Waals surface area contributed by atoms with Crippen LogP contribution in [0.3, 0.4) is 0 Å². The second-order valence-corrected chi connectivity index (χ2v) is 5.89. The molecule has 0 aliphatic rings. The van der Waals surface area contributed by atoms with E-state index in [9.17, 15) is 9.59 Å². The van der Waals surface area contributed by atoms with Crippen LogP contribution in [-0.2, 0) is 14.3 Å². The number of allylic oxidation sites excluding steroid dienone is 1. The highest BCUT2D eigenvalue weighted by Crippen LogP contribution is 2.28. The molecule has 0 aliphatic carbocycles. The number of methoxy groups -OCH3 is 1. The van der Waals surface area contributed by atoms with E-state index in [0.29, 0.717) is 24.0 Å². The van der Waals surface area contributed by atoms with Crippen molar-refractivity contribution in [3.8, 4) is 11.5 Å². The molecule has 0 unspecified atom stereocenters. The molecule has 0 heterocycles. The Hall–Kier alpha value is -2.50. The van der Waals surface area contributed by atoms with E-state index < -0.39 is 5.97 Å². The van der Waals surface area contributed by atoms with Crippen molar-refractivity contribution in [2.24, 2.45) is 5.92 Å². The van der Waals surface area contributed by atoms with Crippen LogP contribution in [-0.4, -0.2) is 38.7 Å². The maximum Gasteiger partial charge on any atom is 0.344 e. The summed E-state index contributed by atoms with van der Waals surface area (Å²) >= 11 is 0. The van der Waals surface area contributed by atoms with Gasteiger partial charge in [0.25, 0.3) is 5.91 Å². The van der Waals surface area contributed by atoms with Gasteiger partial charge in [-0.2, -0.15) is 0 Å². The molecule has 0 bridgehead atoms. The summed E-state index contributed by atoms with van der Waals surface area (Å²) in [5.74, 6) is 0.537. The smallest absolute Gasteiger partial charge is 0.344 e. The highest BCUT2D eigenvalue weighted by atomic mass is 16.6. The molecular formula is C19H27NO5. The monoisotopic (exact) mass is 349 g/mol. The van der Waals surface area contributed by atoms with Crippen LogP contribution in [0.5, 0.6) is 11.5 Å². The van der Waals surface area contributed by atoms with E-state index in [1.54, 1.807) is 6.07 Å². The number of rotatable bonds is 10. The SMILES string of the molecule is C/C=C/c1ccc(OCC(=O)OCC(=O)NCCC(C)C)c(OC)c1. The first-order valence-corrected chi connectivity index (χ1v) is 8.32. The van der Waals surface area contributed by atoms with Crippen molar-refractivity contribution in [2.45, 2.75) is 27.2 Å². The van der Waals surface area contributed by atoms with Crippen LogP contribution in [0.2, 0.25) is 0 Å². The van der Waals surface area contributed by atoms with E-state index in [2.05, 4.69) is 19.2 Å². The lowest BCUT2D eigenvalue weighted by atomic mass is 10.1. The lowest BCUT2D eigenvalue weighted by molar-refractivity contribution is -0.150.